The number of ether oxygens (including phenoxy) is 1. The van der Waals surface area contributed by atoms with Crippen LogP contribution in [0, 0.1) is 11.6 Å². The minimum Gasteiger partial charge on any atom is -0.467 e. The van der Waals surface area contributed by atoms with E-state index in [-0.39, 0.29) is 35.0 Å². The fraction of sp³-hybridized carbons (Fsp3) is 0.250. The number of primary sulfonamides is 1. The average molecular weight is 556 g/mol. The van der Waals surface area contributed by atoms with E-state index in [2.05, 4.69) is 10.6 Å². The topological polar surface area (TPSA) is 141 Å². The maximum absolute atomic E-state index is 13.4. The summed E-state index contributed by atoms with van der Waals surface area (Å²) in [6.07, 6.45) is 1.47. The zero-order valence-corrected chi connectivity index (χ0v) is 21.3. The van der Waals surface area contributed by atoms with E-state index in [0.29, 0.717) is 11.8 Å². The molecule has 9 nitrogen and oxygen atoms in total. The van der Waals surface area contributed by atoms with Crippen LogP contribution in [0.4, 0.5) is 14.5 Å². The molecule has 2 aromatic carbocycles. The number of Topliss-reactive ketones (excluding diaryl/α,β-unsaturated/α-hetero) is 1. The molecule has 0 aliphatic heterocycles. The van der Waals surface area contributed by atoms with Gasteiger partial charge in [0, 0.05) is 17.7 Å². The van der Waals surface area contributed by atoms with Crippen LogP contribution in [0.2, 0.25) is 5.02 Å². The molecule has 0 radical (unpaired) electrons. The highest BCUT2D eigenvalue weighted by atomic mass is 35.5. The summed E-state index contributed by atoms with van der Waals surface area (Å²) in [5.41, 5.74) is -0.117. The standard InChI is InChI=1S/C24H24ClF2N3O6S/c1-13(30-14(2)23(31)15-6-16(26)8-17(27)7-15)12-36-24(32)19-9-22(37(28,33)34)20(25)10-21(19)29-11-18-4-3-5-35-18/h3-10,13-14,29-30H,11-12H2,1-2H3,(H2,28,33,34)/t13-,14+/m0/s1. The summed E-state index contributed by atoms with van der Waals surface area (Å²) < 4.78 is 61.3. The smallest absolute Gasteiger partial charge is 0.340 e. The molecular weight excluding hydrogens is 532 g/mol. The lowest BCUT2D eigenvalue weighted by Crippen LogP contribution is -2.42. The normalized spacial score (nSPS) is 13.1. The SMILES string of the molecule is C[C@@H](COC(=O)c1cc(S(N)(=O)=O)c(Cl)cc1NCc1ccco1)N[C@H](C)C(=O)c1cc(F)cc(F)c1. The molecule has 1 heterocycles. The summed E-state index contributed by atoms with van der Waals surface area (Å²) in [6, 6.07) is 6.70. The highest BCUT2D eigenvalue weighted by Gasteiger charge is 2.23. The Kier molecular flexibility index (Phi) is 9.02. The number of esters is 1. The van der Waals surface area contributed by atoms with Gasteiger partial charge >= 0.3 is 5.97 Å². The molecule has 0 unspecified atom stereocenters. The molecule has 0 fully saturated rings. The summed E-state index contributed by atoms with van der Waals surface area (Å²) in [5, 5.41) is 10.8. The van der Waals surface area contributed by atoms with E-state index in [1.54, 1.807) is 19.1 Å². The number of carbonyl (C=O) groups is 2. The number of ketones is 1. The summed E-state index contributed by atoms with van der Waals surface area (Å²) in [4.78, 5) is 25.0. The zero-order chi connectivity index (χ0) is 27.3. The van der Waals surface area contributed by atoms with Gasteiger partial charge in [0.25, 0.3) is 0 Å². The number of hydrogen-bond donors (Lipinski definition) is 3. The molecule has 198 valence electrons. The summed E-state index contributed by atoms with van der Waals surface area (Å²) in [6.45, 7) is 3.06. The molecule has 13 heteroatoms. The Balaban J connectivity index is 1.71. The van der Waals surface area contributed by atoms with Crippen molar-refractivity contribution >= 4 is 39.1 Å². The van der Waals surface area contributed by atoms with E-state index in [0.717, 1.165) is 18.2 Å². The van der Waals surface area contributed by atoms with E-state index in [1.807, 2.05) is 0 Å². The van der Waals surface area contributed by atoms with Gasteiger partial charge in [-0.2, -0.15) is 0 Å². The van der Waals surface area contributed by atoms with Crippen LogP contribution in [-0.2, 0) is 21.3 Å². The molecule has 3 aromatic rings. The molecule has 3 rings (SSSR count). The van der Waals surface area contributed by atoms with E-state index in [4.69, 9.17) is 25.9 Å². The predicted octanol–water partition coefficient (Wildman–Crippen LogP) is 3.88. The molecular formula is C24H24ClF2N3O6S. The Labute approximate surface area is 217 Å². The first-order chi connectivity index (χ1) is 17.3. The molecule has 0 saturated heterocycles. The van der Waals surface area contributed by atoms with Crippen LogP contribution in [0.3, 0.4) is 0 Å². The molecule has 2 atom stereocenters. The highest BCUT2D eigenvalue weighted by molar-refractivity contribution is 7.89. The predicted molar refractivity (Wildman–Crippen MR) is 132 cm³/mol. The lowest BCUT2D eigenvalue weighted by molar-refractivity contribution is 0.0468. The number of halogens is 3. The second-order valence-electron chi connectivity index (χ2n) is 8.22. The van der Waals surface area contributed by atoms with Crippen molar-refractivity contribution < 1.29 is 35.9 Å². The average Bonchev–Trinajstić information content (AvgIpc) is 3.33. The molecule has 0 spiro atoms. The van der Waals surface area contributed by atoms with Crippen molar-refractivity contribution in [2.24, 2.45) is 5.14 Å². The molecule has 0 amide bonds. The number of hydrogen-bond acceptors (Lipinski definition) is 8. The van der Waals surface area contributed by atoms with Gasteiger partial charge < -0.3 is 19.8 Å². The van der Waals surface area contributed by atoms with Crippen molar-refractivity contribution in [3.05, 3.63) is 82.3 Å². The van der Waals surface area contributed by atoms with Gasteiger partial charge in [0.2, 0.25) is 10.0 Å². The Bertz CT molecular complexity index is 1380. The number of anilines is 1. The van der Waals surface area contributed by atoms with Crippen LogP contribution in [-0.4, -0.2) is 38.9 Å². The van der Waals surface area contributed by atoms with Crippen molar-refractivity contribution in [2.75, 3.05) is 11.9 Å². The molecule has 37 heavy (non-hydrogen) atoms. The van der Waals surface area contributed by atoms with Crippen LogP contribution in [0.1, 0.15) is 40.3 Å². The molecule has 1 aromatic heterocycles. The first-order valence-electron chi connectivity index (χ1n) is 10.9. The van der Waals surface area contributed by atoms with Gasteiger partial charge in [0.05, 0.1) is 35.1 Å². The Hall–Kier alpha value is -3.32. The summed E-state index contributed by atoms with van der Waals surface area (Å²) >= 11 is 6.07. The van der Waals surface area contributed by atoms with Gasteiger partial charge in [0.15, 0.2) is 5.78 Å². The van der Waals surface area contributed by atoms with E-state index in [9.17, 15) is 26.8 Å². The zero-order valence-electron chi connectivity index (χ0n) is 19.8. The minimum absolute atomic E-state index is 0.147. The monoisotopic (exact) mass is 555 g/mol. The largest absolute Gasteiger partial charge is 0.467 e. The number of nitrogens with one attached hydrogen (secondary N) is 2. The third-order valence-corrected chi connectivity index (χ3v) is 6.55. The summed E-state index contributed by atoms with van der Waals surface area (Å²) in [5.74, 6) is -2.66. The number of rotatable bonds is 11. The highest BCUT2D eigenvalue weighted by Crippen LogP contribution is 2.29. The van der Waals surface area contributed by atoms with Gasteiger partial charge in [-0.15, -0.1) is 0 Å². The molecule has 0 bridgehead atoms. The van der Waals surface area contributed by atoms with Crippen molar-refractivity contribution in [3.63, 3.8) is 0 Å². The second kappa shape index (κ2) is 11.8. The first kappa shape index (κ1) is 28.3. The number of carbonyl (C=O) groups excluding carboxylic acids is 2. The van der Waals surface area contributed by atoms with Crippen LogP contribution >= 0.6 is 11.6 Å². The van der Waals surface area contributed by atoms with Crippen LogP contribution in [0.15, 0.2) is 58.0 Å². The second-order valence-corrected chi connectivity index (χ2v) is 10.2. The minimum atomic E-state index is -4.24. The molecule has 0 aliphatic rings. The lowest BCUT2D eigenvalue weighted by atomic mass is 10.0. The molecule has 0 saturated carbocycles. The van der Waals surface area contributed by atoms with E-state index in [1.165, 1.54) is 19.3 Å². The van der Waals surface area contributed by atoms with Gasteiger partial charge in [-0.25, -0.2) is 27.1 Å². The third kappa shape index (κ3) is 7.59. The van der Waals surface area contributed by atoms with Gasteiger partial charge in [-0.05, 0) is 50.2 Å². The van der Waals surface area contributed by atoms with Crippen molar-refractivity contribution in [1.82, 2.24) is 5.32 Å². The van der Waals surface area contributed by atoms with Crippen LogP contribution in [0.25, 0.3) is 0 Å². The van der Waals surface area contributed by atoms with Gasteiger partial charge in [-0.1, -0.05) is 11.6 Å². The first-order valence-corrected chi connectivity index (χ1v) is 12.8. The maximum atomic E-state index is 13.4. The van der Waals surface area contributed by atoms with Crippen molar-refractivity contribution in [1.29, 1.82) is 0 Å². The summed E-state index contributed by atoms with van der Waals surface area (Å²) in [7, 11) is -4.24. The number of nitrogens with two attached hydrogens (primary N) is 1. The fourth-order valence-corrected chi connectivity index (χ4v) is 4.56. The Morgan fingerprint density at radius 1 is 1.14 bits per heavy atom. The van der Waals surface area contributed by atoms with E-state index >= 15 is 0 Å². The number of sulfonamides is 1. The Morgan fingerprint density at radius 2 is 1.81 bits per heavy atom. The molecule has 0 aliphatic carbocycles. The maximum Gasteiger partial charge on any atom is 0.340 e. The Morgan fingerprint density at radius 3 is 2.41 bits per heavy atom. The van der Waals surface area contributed by atoms with E-state index < -0.39 is 50.4 Å². The quantitative estimate of drug-likeness (QED) is 0.239. The number of benzene rings is 2. The van der Waals surface area contributed by atoms with Gasteiger partial charge in [0.1, 0.15) is 28.9 Å². The van der Waals surface area contributed by atoms with Gasteiger partial charge in [-0.3, -0.25) is 4.79 Å². The van der Waals surface area contributed by atoms with Crippen LogP contribution in [0.5, 0.6) is 0 Å². The fourth-order valence-electron chi connectivity index (χ4n) is 3.46. The van der Waals surface area contributed by atoms with Crippen molar-refractivity contribution in [3.8, 4) is 0 Å². The molecule has 4 N–H and O–H groups in total. The van der Waals surface area contributed by atoms with Crippen LogP contribution < -0.4 is 15.8 Å². The third-order valence-electron chi connectivity index (χ3n) is 5.17. The number of furan rings is 1. The lowest BCUT2D eigenvalue weighted by Gasteiger charge is -2.20. The van der Waals surface area contributed by atoms with Crippen molar-refractivity contribution in [2.45, 2.75) is 37.4 Å².